The Morgan fingerprint density at radius 2 is 2.04 bits per heavy atom. The second-order valence-electron chi connectivity index (χ2n) is 8.17. The second-order valence-corrected chi connectivity index (χ2v) is 8.17. The lowest BCUT2D eigenvalue weighted by Gasteiger charge is -2.25. The summed E-state index contributed by atoms with van der Waals surface area (Å²) >= 11 is 0. The number of amides is 1. The van der Waals surface area contributed by atoms with Crippen LogP contribution in [0.15, 0.2) is 28.7 Å². The van der Waals surface area contributed by atoms with Gasteiger partial charge in [-0.1, -0.05) is 31.5 Å². The van der Waals surface area contributed by atoms with Crippen molar-refractivity contribution >= 4 is 29.3 Å². The minimum Gasteiger partial charge on any atom is -0.461 e. The zero-order valence-electron chi connectivity index (χ0n) is 16.4. The predicted molar refractivity (Wildman–Crippen MR) is 111 cm³/mol. The lowest BCUT2D eigenvalue weighted by atomic mass is 9.91. The van der Waals surface area contributed by atoms with Crippen LogP contribution in [0.4, 0.5) is 0 Å². The zero-order chi connectivity index (χ0) is 18.1. The van der Waals surface area contributed by atoms with Gasteiger partial charge < -0.3 is 14.6 Å². The Morgan fingerprint density at radius 3 is 2.78 bits per heavy atom. The minimum absolute atomic E-state index is 0. The van der Waals surface area contributed by atoms with Gasteiger partial charge in [0.2, 0.25) is 5.91 Å². The molecular formula is C22H31ClN2O2. The third-order valence-corrected chi connectivity index (χ3v) is 6.40. The number of halogens is 1. The van der Waals surface area contributed by atoms with E-state index in [4.69, 9.17) is 4.42 Å². The number of para-hydroxylation sites is 1. The second kappa shape index (κ2) is 8.24. The van der Waals surface area contributed by atoms with Gasteiger partial charge in [-0.2, -0.15) is 0 Å². The number of piperidine rings is 1. The van der Waals surface area contributed by atoms with Crippen molar-refractivity contribution < 1.29 is 9.21 Å². The summed E-state index contributed by atoms with van der Waals surface area (Å²) in [5, 5.41) is 4.57. The molecule has 1 amide bonds. The van der Waals surface area contributed by atoms with Crippen molar-refractivity contribution in [2.45, 2.75) is 52.0 Å². The van der Waals surface area contributed by atoms with Gasteiger partial charge >= 0.3 is 0 Å². The highest BCUT2D eigenvalue weighted by atomic mass is 35.5. The quantitative estimate of drug-likeness (QED) is 0.787. The van der Waals surface area contributed by atoms with Crippen molar-refractivity contribution in [1.29, 1.82) is 0 Å². The van der Waals surface area contributed by atoms with Crippen LogP contribution < -0.4 is 5.32 Å². The zero-order valence-corrected chi connectivity index (χ0v) is 17.2. The van der Waals surface area contributed by atoms with E-state index >= 15 is 0 Å². The summed E-state index contributed by atoms with van der Waals surface area (Å²) in [6.45, 7) is 4.96. The van der Waals surface area contributed by atoms with E-state index in [1.54, 1.807) is 0 Å². The molecule has 2 aliphatic rings. The molecular weight excluding hydrogens is 360 g/mol. The first-order valence-electron chi connectivity index (χ1n) is 10.1. The summed E-state index contributed by atoms with van der Waals surface area (Å²) in [7, 11) is 1.96. The Balaban J connectivity index is 0.00000210. The molecule has 27 heavy (non-hydrogen) atoms. The number of carbonyl (C=O) groups is 1. The van der Waals surface area contributed by atoms with Crippen LogP contribution in [0.25, 0.3) is 11.0 Å². The molecule has 1 aliphatic heterocycles. The van der Waals surface area contributed by atoms with E-state index < -0.39 is 0 Å². The Hall–Kier alpha value is -1.52. The molecule has 1 aliphatic carbocycles. The molecule has 1 spiro atoms. The number of carbonyl (C=O) groups excluding carboxylic acids is 1. The van der Waals surface area contributed by atoms with E-state index in [1.807, 2.05) is 24.1 Å². The summed E-state index contributed by atoms with van der Waals surface area (Å²) in [6, 6.07) is 8.21. The summed E-state index contributed by atoms with van der Waals surface area (Å²) in [5.74, 6) is 1.60. The monoisotopic (exact) mass is 390 g/mol. The van der Waals surface area contributed by atoms with Gasteiger partial charge in [0.1, 0.15) is 11.3 Å². The number of fused-ring (bicyclic) bond motifs is 1. The molecule has 0 bridgehead atoms. The molecule has 148 valence electrons. The molecule has 1 saturated heterocycles. The molecule has 1 aromatic heterocycles. The maximum absolute atomic E-state index is 13.0. The summed E-state index contributed by atoms with van der Waals surface area (Å²) < 4.78 is 6.12. The number of rotatable bonds is 6. The molecule has 1 unspecified atom stereocenters. The molecule has 0 radical (unpaired) electrons. The van der Waals surface area contributed by atoms with Gasteiger partial charge in [-0.05, 0) is 50.3 Å². The number of hydrogen-bond acceptors (Lipinski definition) is 3. The van der Waals surface area contributed by atoms with Gasteiger partial charge in [0, 0.05) is 36.9 Å². The molecule has 2 fully saturated rings. The molecule has 1 N–H and O–H groups in total. The number of furan rings is 1. The number of aryl methyl sites for hydroxylation is 1. The average Bonchev–Trinajstić information content (AvgIpc) is 3.23. The van der Waals surface area contributed by atoms with E-state index in [0.29, 0.717) is 17.9 Å². The molecule has 5 heteroatoms. The van der Waals surface area contributed by atoms with Crippen molar-refractivity contribution in [3.8, 4) is 0 Å². The first-order valence-corrected chi connectivity index (χ1v) is 10.1. The summed E-state index contributed by atoms with van der Waals surface area (Å²) in [5.41, 5.74) is 2.43. The molecule has 1 saturated carbocycles. The first kappa shape index (κ1) is 20.2. The van der Waals surface area contributed by atoms with E-state index in [0.717, 1.165) is 68.3 Å². The van der Waals surface area contributed by atoms with E-state index in [9.17, 15) is 4.79 Å². The molecule has 1 aromatic carbocycles. The Morgan fingerprint density at radius 1 is 1.30 bits per heavy atom. The van der Waals surface area contributed by atoms with Crippen LogP contribution in [0.1, 0.15) is 50.4 Å². The lowest BCUT2D eigenvalue weighted by molar-refractivity contribution is -0.132. The normalized spacial score (nSPS) is 20.4. The highest BCUT2D eigenvalue weighted by Gasteiger charge is 2.58. The summed E-state index contributed by atoms with van der Waals surface area (Å²) in [4.78, 5) is 15.0. The van der Waals surface area contributed by atoms with E-state index in [2.05, 4.69) is 24.4 Å². The molecule has 2 aromatic rings. The Labute approximate surface area is 168 Å². The number of unbranched alkanes of at least 4 members (excludes halogenated alkanes) is 1. The van der Waals surface area contributed by atoms with Crippen LogP contribution in [0.5, 0.6) is 0 Å². The van der Waals surface area contributed by atoms with Crippen LogP contribution in [0.2, 0.25) is 0 Å². The van der Waals surface area contributed by atoms with Gasteiger partial charge in [-0.3, -0.25) is 4.79 Å². The average molecular weight is 391 g/mol. The van der Waals surface area contributed by atoms with Gasteiger partial charge in [-0.15, -0.1) is 12.4 Å². The highest BCUT2D eigenvalue weighted by Crippen LogP contribution is 2.59. The van der Waals surface area contributed by atoms with Gasteiger partial charge in [0.05, 0.1) is 0 Å². The SMILES string of the molecule is CCCCc1oc2ccccc2c1CN(C)C(=O)C1CC12CCNCC2.Cl. The third kappa shape index (κ3) is 3.88. The smallest absolute Gasteiger partial charge is 0.226 e. The molecule has 4 nitrogen and oxygen atoms in total. The van der Waals surface area contributed by atoms with Crippen LogP contribution in [0.3, 0.4) is 0 Å². The van der Waals surface area contributed by atoms with Crippen molar-refractivity contribution in [2.24, 2.45) is 11.3 Å². The van der Waals surface area contributed by atoms with Crippen LogP contribution in [-0.4, -0.2) is 30.9 Å². The van der Waals surface area contributed by atoms with Crippen molar-refractivity contribution in [3.05, 3.63) is 35.6 Å². The van der Waals surface area contributed by atoms with E-state index in [-0.39, 0.29) is 18.3 Å². The van der Waals surface area contributed by atoms with Crippen LogP contribution >= 0.6 is 12.4 Å². The standard InChI is InChI=1S/C22H30N2O2.ClH/c1-3-4-8-20-17(16-7-5-6-9-19(16)26-20)15-24(2)21(25)18-14-22(18)10-12-23-13-11-22;/h5-7,9,18,23H,3-4,8,10-15H2,1-2H3;1H. The highest BCUT2D eigenvalue weighted by molar-refractivity contribution is 5.86. The summed E-state index contributed by atoms with van der Waals surface area (Å²) in [6.07, 6.45) is 6.57. The van der Waals surface area contributed by atoms with Crippen LogP contribution in [0, 0.1) is 11.3 Å². The van der Waals surface area contributed by atoms with Crippen LogP contribution in [-0.2, 0) is 17.8 Å². The number of nitrogens with zero attached hydrogens (tertiary/aromatic N) is 1. The maximum Gasteiger partial charge on any atom is 0.226 e. The number of nitrogens with one attached hydrogen (secondary N) is 1. The fourth-order valence-electron chi connectivity index (χ4n) is 4.62. The number of benzene rings is 1. The Bertz CT molecular complexity index is 795. The fraction of sp³-hybridized carbons (Fsp3) is 0.591. The van der Waals surface area contributed by atoms with E-state index in [1.165, 1.54) is 5.56 Å². The molecule has 4 rings (SSSR count). The number of hydrogen-bond donors (Lipinski definition) is 1. The third-order valence-electron chi connectivity index (χ3n) is 6.40. The Kier molecular flexibility index (Phi) is 6.17. The van der Waals surface area contributed by atoms with Gasteiger partial charge in [-0.25, -0.2) is 0 Å². The van der Waals surface area contributed by atoms with Crippen molar-refractivity contribution in [3.63, 3.8) is 0 Å². The van der Waals surface area contributed by atoms with Crippen molar-refractivity contribution in [1.82, 2.24) is 10.2 Å². The fourth-order valence-corrected chi connectivity index (χ4v) is 4.62. The van der Waals surface area contributed by atoms with Gasteiger partial charge in [0.15, 0.2) is 0 Å². The maximum atomic E-state index is 13.0. The molecule has 1 atom stereocenters. The minimum atomic E-state index is 0. The molecule has 2 heterocycles. The predicted octanol–water partition coefficient (Wildman–Crippen LogP) is 4.55. The largest absolute Gasteiger partial charge is 0.461 e. The lowest BCUT2D eigenvalue weighted by Crippen LogP contribution is -2.34. The topological polar surface area (TPSA) is 45.5 Å². The first-order chi connectivity index (χ1) is 12.6. The van der Waals surface area contributed by atoms with Gasteiger partial charge in [0.25, 0.3) is 0 Å². The van der Waals surface area contributed by atoms with Crippen molar-refractivity contribution in [2.75, 3.05) is 20.1 Å².